The number of hydrogen-bond acceptors (Lipinski definition) is 6. The number of carbonyl (C=O) groups is 3. The molecule has 0 spiro atoms. The fourth-order valence-electron chi connectivity index (χ4n) is 10.5. The van der Waals surface area contributed by atoms with Gasteiger partial charge in [-0.2, -0.15) is 0 Å². The molecule has 0 aromatic heterocycles. The summed E-state index contributed by atoms with van der Waals surface area (Å²) in [6, 6.07) is 18.6. The summed E-state index contributed by atoms with van der Waals surface area (Å²) in [5.41, 5.74) is 0.803. The van der Waals surface area contributed by atoms with Gasteiger partial charge in [0.15, 0.2) is 0 Å². The van der Waals surface area contributed by atoms with E-state index in [1.807, 2.05) is 60.7 Å². The van der Waals surface area contributed by atoms with E-state index in [1.54, 1.807) is 7.11 Å². The van der Waals surface area contributed by atoms with Gasteiger partial charge in [0.05, 0.1) is 11.1 Å². The Labute approximate surface area is 268 Å². The Balaban J connectivity index is 1.39. The average molecular weight is 615 g/mol. The molecule has 4 aliphatic rings. The summed E-state index contributed by atoms with van der Waals surface area (Å²) in [6.07, 6.45) is 7.05. The summed E-state index contributed by atoms with van der Waals surface area (Å²) in [6.45, 7) is 7.84. The molecule has 45 heavy (non-hydrogen) atoms. The van der Waals surface area contributed by atoms with Gasteiger partial charge in [-0.05, 0) is 104 Å². The van der Waals surface area contributed by atoms with Crippen LogP contribution in [0, 0.1) is 46.3 Å². The van der Waals surface area contributed by atoms with E-state index in [2.05, 4.69) is 20.8 Å². The van der Waals surface area contributed by atoms with Crippen LogP contribution in [-0.2, 0) is 19.0 Å². The van der Waals surface area contributed by atoms with Gasteiger partial charge in [-0.3, -0.25) is 4.79 Å². The lowest BCUT2D eigenvalue weighted by molar-refractivity contribution is -0.201. The van der Waals surface area contributed by atoms with Crippen molar-refractivity contribution in [3.05, 3.63) is 71.8 Å². The molecule has 0 radical (unpaired) electrons. The minimum absolute atomic E-state index is 0.0743. The Morgan fingerprint density at radius 3 is 2.18 bits per heavy atom. The van der Waals surface area contributed by atoms with E-state index >= 15 is 0 Å². The Morgan fingerprint density at radius 1 is 0.889 bits per heavy atom. The molecule has 1 unspecified atom stereocenters. The van der Waals surface area contributed by atoms with Crippen LogP contribution in [0.25, 0.3) is 0 Å². The molecule has 10 atom stereocenters. The van der Waals surface area contributed by atoms with Gasteiger partial charge in [0.2, 0.25) is 0 Å². The second kappa shape index (κ2) is 13.0. The van der Waals surface area contributed by atoms with Gasteiger partial charge in [-0.1, -0.05) is 57.2 Å². The number of carbonyl (C=O) groups excluding carboxylic acids is 3. The third kappa shape index (κ3) is 5.88. The maximum Gasteiger partial charge on any atom is 0.338 e. The lowest BCUT2D eigenvalue weighted by Crippen LogP contribution is -2.63. The minimum atomic E-state index is -0.285. The summed E-state index contributed by atoms with van der Waals surface area (Å²) < 4.78 is 18.6. The number of esters is 2. The van der Waals surface area contributed by atoms with E-state index in [-0.39, 0.29) is 58.6 Å². The van der Waals surface area contributed by atoms with Crippen LogP contribution in [-0.4, -0.2) is 43.6 Å². The van der Waals surface area contributed by atoms with Gasteiger partial charge in [0.1, 0.15) is 18.0 Å². The zero-order chi connectivity index (χ0) is 31.8. The van der Waals surface area contributed by atoms with Gasteiger partial charge < -0.3 is 14.2 Å². The quantitative estimate of drug-likeness (QED) is 0.211. The molecule has 0 aliphatic heterocycles. The molecule has 0 bridgehead atoms. The summed E-state index contributed by atoms with van der Waals surface area (Å²) in [5, 5.41) is 0. The second-order valence-corrected chi connectivity index (χ2v) is 14.9. The van der Waals surface area contributed by atoms with Crippen LogP contribution in [0.5, 0.6) is 0 Å². The maximum atomic E-state index is 13.7. The van der Waals surface area contributed by atoms with Gasteiger partial charge in [0.25, 0.3) is 0 Å². The lowest BCUT2D eigenvalue weighted by Gasteiger charge is -2.63. The van der Waals surface area contributed by atoms with Crippen LogP contribution >= 0.6 is 0 Å². The van der Waals surface area contributed by atoms with Crippen LogP contribution in [0.3, 0.4) is 0 Å². The van der Waals surface area contributed by atoms with Crippen molar-refractivity contribution in [2.45, 2.75) is 90.8 Å². The van der Waals surface area contributed by atoms with Gasteiger partial charge in [-0.15, -0.1) is 0 Å². The summed E-state index contributed by atoms with van der Waals surface area (Å²) in [7, 11) is 1.75. The fraction of sp³-hybridized carbons (Fsp3) is 0.615. The van der Waals surface area contributed by atoms with Crippen molar-refractivity contribution < 1.29 is 28.6 Å². The number of rotatable bonds is 9. The van der Waals surface area contributed by atoms with E-state index in [4.69, 9.17) is 14.2 Å². The number of ketones is 1. The average Bonchev–Trinajstić information content (AvgIpc) is 3.41. The van der Waals surface area contributed by atoms with Crippen LogP contribution in [0.15, 0.2) is 60.7 Å². The molecule has 242 valence electrons. The molecule has 6 nitrogen and oxygen atoms in total. The van der Waals surface area contributed by atoms with Crippen LogP contribution in [0.1, 0.15) is 99.3 Å². The molecule has 0 N–H and O–H groups in total. The first kappa shape index (κ1) is 32.0. The number of hydrogen-bond donors (Lipinski definition) is 0. The van der Waals surface area contributed by atoms with Crippen molar-refractivity contribution in [3.8, 4) is 0 Å². The third-order valence-corrected chi connectivity index (χ3v) is 12.8. The number of Topliss-reactive ketones (excluding diaryl/α,β-unsaturated/α-hetero) is 1. The Morgan fingerprint density at radius 2 is 1.53 bits per heavy atom. The number of ether oxygens (including phenoxy) is 3. The van der Waals surface area contributed by atoms with Crippen molar-refractivity contribution in [3.63, 3.8) is 0 Å². The van der Waals surface area contributed by atoms with Gasteiger partial charge in [-0.25, -0.2) is 9.59 Å². The monoisotopic (exact) mass is 614 g/mol. The summed E-state index contributed by atoms with van der Waals surface area (Å²) in [4.78, 5) is 40.1. The Kier molecular flexibility index (Phi) is 9.25. The van der Waals surface area contributed by atoms with Crippen molar-refractivity contribution in [1.29, 1.82) is 0 Å². The van der Waals surface area contributed by atoms with Crippen molar-refractivity contribution in [2.24, 2.45) is 46.3 Å². The highest BCUT2D eigenvalue weighted by molar-refractivity contribution is 5.90. The van der Waals surface area contributed by atoms with E-state index in [0.717, 1.165) is 51.6 Å². The van der Waals surface area contributed by atoms with E-state index in [9.17, 15) is 14.4 Å². The second-order valence-electron chi connectivity index (χ2n) is 14.9. The summed E-state index contributed by atoms with van der Waals surface area (Å²) in [5.74, 6) is 1.30. The zero-order valence-electron chi connectivity index (χ0n) is 27.4. The van der Waals surface area contributed by atoms with E-state index in [1.165, 1.54) is 0 Å². The molecule has 6 rings (SSSR count). The zero-order valence-corrected chi connectivity index (χ0v) is 27.4. The van der Waals surface area contributed by atoms with E-state index < -0.39 is 0 Å². The van der Waals surface area contributed by atoms with Crippen molar-refractivity contribution >= 4 is 17.7 Å². The Hall–Kier alpha value is -2.99. The minimum Gasteiger partial charge on any atom is -0.458 e. The highest BCUT2D eigenvalue weighted by Crippen LogP contribution is 2.69. The normalized spacial score (nSPS) is 36.3. The number of fused-ring (bicyclic) bond motifs is 5. The molecule has 4 aliphatic carbocycles. The predicted molar refractivity (Wildman–Crippen MR) is 173 cm³/mol. The van der Waals surface area contributed by atoms with E-state index in [0.29, 0.717) is 41.6 Å². The first-order valence-corrected chi connectivity index (χ1v) is 17.2. The molecule has 6 heteroatoms. The predicted octanol–water partition coefficient (Wildman–Crippen LogP) is 7.95. The van der Waals surface area contributed by atoms with Gasteiger partial charge in [0, 0.05) is 37.9 Å². The topological polar surface area (TPSA) is 78.9 Å². The molecular formula is C39H50O6. The maximum absolute atomic E-state index is 13.7. The first-order chi connectivity index (χ1) is 21.7. The molecule has 4 fully saturated rings. The van der Waals surface area contributed by atoms with Crippen LogP contribution in [0.2, 0.25) is 0 Å². The largest absolute Gasteiger partial charge is 0.458 e. The molecule has 2 aromatic rings. The SMILES string of the molecule is COCCC[C@@H](C)[C@H]1CC[C@H]2[C@@H]3[C@H](OC(=O)c4ccccc4)CC4CC(=O)CC[C@]4(C)[C@H]3C[C@H](OC(=O)c3ccccc3)[C@]12C. The highest BCUT2D eigenvalue weighted by Gasteiger charge is 2.67. The smallest absolute Gasteiger partial charge is 0.338 e. The van der Waals surface area contributed by atoms with Crippen LogP contribution in [0.4, 0.5) is 0 Å². The fourth-order valence-corrected chi connectivity index (χ4v) is 10.5. The summed E-state index contributed by atoms with van der Waals surface area (Å²) >= 11 is 0. The highest BCUT2D eigenvalue weighted by atomic mass is 16.5. The molecule has 0 amide bonds. The molecule has 2 aromatic carbocycles. The number of benzene rings is 2. The van der Waals surface area contributed by atoms with Gasteiger partial charge >= 0.3 is 11.9 Å². The third-order valence-electron chi connectivity index (χ3n) is 12.8. The molecule has 0 heterocycles. The molecule has 0 saturated heterocycles. The first-order valence-electron chi connectivity index (χ1n) is 17.2. The number of methoxy groups -OCH3 is 1. The molecule has 4 saturated carbocycles. The molecular weight excluding hydrogens is 564 g/mol. The van der Waals surface area contributed by atoms with Crippen LogP contribution < -0.4 is 0 Å². The standard InChI is InChI=1S/C39H50O6/c1-25(12-11-21-43-4)30-17-18-31-35-32(24-34(39(30,31)3)45-37(42)27-15-9-6-10-16-27)38(2)20-19-29(40)22-28(38)23-33(35)44-36(41)26-13-7-5-8-14-26/h5-10,13-16,25,28,30-35H,11-12,17-24H2,1-4H3/t25-,28?,30-,31+,32+,33-,34+,35+,38+,39-/m1/s1. The van der Waals surface area contributed by atoms with Crippen molar-refractivity contribution in [1.82, 2.24) is 0 Å². The Bertz CT molecular complexity index is 1360. The lowest BCUT2D eigenvalue weighted by atomic mass is 9.43. The van der Waals surface area contributed by atoms with Crippen molar-refractivity contribution in [2.75, 3.05) is 13.7 Å².